The normalized spacial score (nSPS) is 15.6. The molecule has 1 fully saturated rings. The third-order valence-electron chi connectivity index (χ3n) is 4.48. The number of thiophene rings is 1. The number of sulfonamides is 1. The highest BCUT2D eigenvalue weighted by Gasteiger charge is 2.32. The zero-order valence-corrected chi connectivity index (χ0v) is 18.9. The Morgan fingerprint density at radius 3 is 2.31 bits per heavy atom. The Morgan fingerprint density at radius 1 is 1.00 bits per heavy atom. The number of carbonyl (C=O) groups is 1. The molecule has 0 unspecified atom stereocenters. The smallest absolute Gasteiger partial charge is 0.273 e. The van der Waals surface area contributed by atoms with Crippen molar-refractivity contribution in [2.24, 2.45) is 0 Å². The topological polar surface area (TPSA) is 70.6 Å². The zero-order chi connectivity index (χ0) is 20.6. The molecule has 6 nitrogen and oxygen atoms in total. The van der Waals surface area contributed by atoms with E-state index in [4.69, 9.17) is 23.2 Å². The van der Waals surface area contributed by atoms with Crippen LogP contribution in [0.25, 0.3) is 10.6 Å². The van der Waals surface area contributed by atoms with Gasteiger partial charge in [-0.1, -0.05) is 35.3 Å². The fourth-order valence-electron chi connectivity index (χ4n) is 2.95. The van der Waals surface area contributed by atoms with Crippen LogP contribution in [0.3, 0.4) is 0 Å². The molecule has 0 radical (unpaired) electrons. The van der Waals surface area contributed by atoms with Gasteiger partial charge >= 0.3 is 0 Å². The average Bonchev–Trinajstić information content (AvgIpc) is 3.38. The Morgan fingerprint density at radius 2 is 1.69 bits per heavy atom. The number of hydrogen-bond donors (Lipinski definition) is 0. The zero-order valence-electron chi connectivity index (χ0n) is 14.9. The van der Waals surface area contributed by atoms with Crippen LogP contribution < -0.4 is 0 Å². The first-order chi connectivity index (χ1) is 13.8. The minimum absolute atomic E-state index is 0.197. The molecule has 3 heterocycles. The van der Waals surface area contributed by atoms with Gasteiger partial charge in [0.15, 0.2) is 0 Å². The van der Waals surface area contributed by atoms with E-state index in [0.717, 1.165) is 21.9 Å². The van der Waals surface area contributed by atoms with E-state index in [0.29, 0.717) is 28.1 Å². The lowest BCUT2D eigenvalue weighted by molar-refractivity contribution is 0.0693. The van der Waals surface area contributed by atoms with Gasteiger partial charge in [-0.2, -0.15) is 4.31 Å². The Kier molecular flexibility index (Phi) is 5.97. The maximum absolute atomic E-state index is 12.8. The molecule has 3 aromatic rings. The molecule has 0 atom stereocenters. The van der Waals surface area contributed by atoms with Crippen molar-refractivity contribution in [1.82, 2.24) is 14.2 Å². The van der Waals surface area contributed by atoms with Crippen LogP contribution in [0.5, 0.6) is 0 Å². The van der Waals surface area contributed by atoms with Crippen LogP contribution in [0.2, 0.25) is 9.36 Å². The van der Waals surface area contributed by atoms with Gasteiger partial charge in [0.1, 0.15) is 14.9 Å². The van der Waals surface area contributed by atoms with Crippen LogP contribution in [0, 0.1) is 0 Å². The molecular formula is C18H15Cl2N3O3S3. The monoisotopic (exact) mass is 487 g/mol. The van der Waals surface area contributed by atoms with E-state index in [1.165, 1.54) is 21.7 Å². The van der Waals surface area contributed by atoms with Crippen molar-refractivity contribution in [3.8, 4) is 10.6 Å². The Balaban J connectivity index is 1.42. The summed E-state index contributed by atoms with van der Waals surface area (Å²) in [6.45, 7) is 1.09. The van der Waals surface area contributed by atoms with Gasteiger partial charge in [-0.25, -0.2) is 13.4 Å². The summed E-state index contributed by atoms with van der Waals surface area (Å²) in [6.07, 6.45) is 0. The van der Waals surface area contributed by atoms with E-state index in [-0.39, 0.29) is 23.2 Å². The summed E-state index contributed by atoms with van der Waals surface area (Å²) >= 11 is 14.2. The number of carbonyl (C=O) groups excluding carboxylic acids is 1. The standard InChI is InChI=1S/C18H15Cl2N3O3S3/c19-13-3-1-12(2-4-13)17-21-14(11-27-17)18(24)22-7-9-23(10-8-22)29(25,26)16-6-5-15(20)28-16/h1-6,11H,7-10H2. The van der Waals surface area contributed by atoms with E-state index in [1.807, 2.05) is 12.1 Å². The van der Waals surface area contributed by atoms with Crippen molar-refractivity contribution < 1.29 is 13.2 Å². The highest BCUT2D eigenvalue weighted by molar-refractivity contribution is 7.91. The molecule has 0 aliphatic carbocycles. The predicted octanol–water partition coefficient (Wildman–Crippen LogP) is 4.33. The number of rotatable bonds is 4. The van der Waals surface area contributed by atoms with Crippen molar-refractivity contribution in [1.29, 1.82) is 0 Å². The molecule has 1 aliphatic rings. The minimum Gasteiger partial charge on any atom is -0.335 e. The molecule has 1 amide bonds. The summed E-state index contributed by atoms with van der Waals surface area (Å²) in [6, 6.07) is 10.3. The lowest BCUT2D eigenvalue weighted by Crippen LogP contribution is -2.50. The van der Waals surface area contributed by atoms with Gasteiger partial charge in [0, 0.05) is 42.1 Å². The second kappa shape index (κ2) is 8.33. The number of benzene rings is 1. The summed E-state index contributed by atoms with van der Waals surface area (Å²) < 4.78 is 27.4. The van der Waals surface area contributed by atoms with Crippen LogP contribution in [0.4, 0.5) is 0 Å². The van der Waals surface area contributed by atoms with Crippen LogP contribution in [0.15, 0.2) is 46.0 Å². The van der Waals surface area contributed by atoms with Gasteiger partial charge in [-0.05, 0) is 24.3 Å². The molecule has 1 aromatic carbocycles. The minimum atomic E-state index is -3.59. The maximum atomic E-state index is 12.8. The van der Waals surface area contributed by atoms with Crippen molar-refractivity contribution in [3.05, 3.63) is 56.8 Å². The number of nitrogens with zero attached hydrogens (tertiary/aromatic N) is 3. The van der Waals surface area contributed by atoms with Crippen LogP contribution in [-0.2, 0) is 10.0 Å². The summed E-state index contributed by atoms with van der Waals surface area (Å²) in [7, 11) is -3.59. The van der Waals surface area contributed by atoms with E-state index in [9.17, 15) is 13.2 Å². The van der Waals surface area contributed by atoms with Gasteiger partial charge in [0.25, 0.3) is 15.9 Å². The van der Waals surface area contributed by atoms with Crippen molar-refractivity contribution in [2.75, 3.05) is 26.2 Å². The summed E-state index contributed by atoms with van der Waals surface area (Å²) in [5.74, 6) is -0.197. The van der Waals surface area contributed by atoms with E-state index >= 15 is 0 Å². The number of halogens is 2. The fourth-order valence-corrected chi connectivity index (χ4v) is 6.94. The maximum Gasteiger partial charge on any atom is 0.273 e. The van der Waals surface area contributed by atoms with Crippen LogP contribution in [0.1, 0.15) is 10.5 Å². The number of thiazole rings is 1. The largest absolute Gasteiger partial charge is 0.335 e. The Labute approximate surface area is 186 Å². The molecule has 0 bridgehead atoms. The van der Waals surface area contributed by atoms with Crippen molar-refractivity contribution in [2.45, 2.75) is 4.21 Å². The molecule has 0 saturated carbocycles. The SMILES string of the molecule is O=C(c1csc(-c2ccc(Cl)cc2)n1)N1CCN(S(=O)(=O)c2ccc(Cl)s2)CC1. The average molecular weight is 488 g/mol. The van der Waals surface area contributed by atoms with E-state index in [1.54, 1.807) is 28.5 Å². The molecule has 0 N–H and O–H groups in total. The number of aromatic nitrogens is 1. The lowest BCUT2D eigenvalue weighted by atomic mass is 10.2. The highest BCUT2D eigenvalue weighted by atomic mass is 35.5. The summed E-state index contributed by atoms with van der Waals surface area (Å²) in [5, 5.41) is 3.10. The molecule has 1 saturated heterocycles. The Bertz CT molecular complexity index is 1130. The third-order valence-corrected chi connectivity index (χ3v) is 9.22. The molecule has 4 rings (SSSR count). The van der Waals surface area contributed by atoms with Gasteiger partial charge in [0.05, 0.1) is 4.34 Å². The quantitative estimate of drug-likeness (QED) is 0.549. The van der Waals surface area contributed by atoms with Gasteiger partial charge in [-0.3, -0.25) is 4.79 Å². The molecule has 0 spiro atoms. The fraction of sp³-hybridized carbons (Fsp3) is 0.222. The second-order valence-corrected chi connectivity index (χ2v) is 11.5. The molecular weight excluding hydrogens is 473 g/mol. The van der Waals surface area contributed by atoms with Crippen LogP contribution >= 0.6 is 45.9 Å². The molecule has 2 aromatic heterocycles. The van der Waals surface area contributed by atoms with Crippen LogP contribution in [-0.4, -0.2) is 54.7 Å². The Hall–Kier alpha value is -1.49. The third kappa shape index (κ3) is 4.35. The number of piperazine rings is 1. The van der Waals surface area contributed by atoms with E-state index in [2.05, 4.69) is 4.98 Å². The van der Waals surface area contributed by atoms with Gasteiger partial charge < -0.3 is 4.90 Å². The number of hydrogen-bond acceptors (Lipinski definition) is 6. The molecule has 1 aliphatic heterocycles. The van der Waals surface area contributed by atoms with Crippen molar-refractivity contribution in [3.63, 3.8) is 0 Å². The van der Waals surface area contributed by atoms with Gasteiger partial charge in [-0.15, -0.1) is 22.7 Å². The van der Waals surface area contributed by atoms with Gasteiger partial charge in [0.2, 0.25) is 0 Å². The molecule has 152 valence electrons. The first kappa shape index (κ1) is 20.8. The predicted molar refractivity (Wildman–Crippen MR) is 117 cm³/mol. The van der Waals surface area contributed by atoms with E-state index < -0.39 is 10.0 Å². The summed E-state index contributed by atoms with van der Waals surface area (Å²) in [5.41, 5.74) is 1.25. The molecule has 29 heavy (non-hydrogen) atoms. The summed E-state index contributed by atoms with van der Waals surface area (Å²) in [4.78, 5) is 18.9. The first-order valence-corrected chi connectivity index (χ1v) is 12.5. The van der Waals surface area contributed by atoms with Crippen molar-refractivity contribution >= 4 is 61.8 Å². The first-order valence-electron chi connectivity index (χ1n) is 8.61. The number of amides is 1. The second-order valence-electron chi connectivity index (χ2n) is 6.30. The highest BCUT2D eigenvalue weighted by Crippen LogP contribution is 2.29. The lowest BCUT2D eigenvalue weighted by Gasteiger charge is -2.33. The molecule has 11 heteroatoms.